The van der Waals surface area contributed by atoms with Crippen LogP contribution in [0.5, 0.6) is 0 Å². The van der Waals surface area contributed by atoms with Gasteiger partial charge in [0.15, 0.2) is 17.9 Å². The highest BCUT2D eigenvalue weighted by Crippen LogP contribution is 2.25. The zero-order chi connectivity index (χ0) is 16.3. The molecule has 0 N–H and O–H groups in total. The van der Waals surface area contributed by atoms with Crippen LogP contribution in [0, 0.1) is 0 Å². The molecule has 0 bridgehead atoms. The van der Waals surface area contributed by atoms with Gasteiger partial charge in [0.25, 0.3) is 10.1 Å². The van der Waals surface area contributed by atoms with E-state index in [1.807, 2.05) is 30.3 Å². The van der Waals surface area contributed by atoms with E-state index in [4.69, 9.17) is 8.92 Å². The Kier molecular flexibility index (Phi) is 4.74. The van der Waals surface area contributed by atoms with Crippen LogP contribution in [-0.4, -0.2) is 36.0 Å². The number of aromatic nitrogens is 3. The molecule has 0 aliphatic carbocycles. The van der Waals surface area contributed by atoms with E-state index in [0.29, 0.717) is 18.3 Å². The van der Waals surface area contributed by atoms with Crippen molar-refractivity contribution < 1.29 is 17.3 Å². The molecule has 1 aromatic carbocycles. The second kappa shape index (κ2) is 6.77. The van der Waals surface area contributed by atoms with Crippen molar-refractivity contribution in [2.75, 3.05) is 12.9 Å². The molecule has 8 heteroatoms. The largest absolute Gasteiger partial charge is 0.356 e. The third-order valence-corrected chi connectivity index (χ3v) is 4.11. The quantitative estimate of drug-likeness (QED) is 0.777. The van der Waals surface area contributed by atoms with Crippen LogP contribution in [0.25, 0.3) is 11.4 Å². The SMILES string of the molecule is CS(=O)(=O)OCc1nc(-c2ccccc2)nn1C1CCCCO1. The summed E-state index contributed by atoms with van der Waals surface area (Å²) in [5.74, 6) is 0.980. The zero-order valence-corrected chi connectivity index (χ0v) is 13.7. The van der Waals surface area contributed by atoms with Crippen LogP contribution in [0.3, 0.4) is 0 Å². The third-order valence-electron chi connectivity index (χ3n) is 3.56. The number of ether oxygens (including phenoxy) is 1. The number of hydrogen-bond acceptors (Lipinski definition) is 6. The van der Waals surface area contributed by atoms with Gasteiger partial charge in [-0.25, -0.2) is 9.67 Å². The Hall–Kier alpha value is -1.77. The van der Waals surface area contributed by atoms with Gasteiger partial charge in [-0.3, -0.25) is 4.18 Å². The molecule has 1 aliphatic rings. The Balaban J connectivity index is 1.92. The van der Waals surface area contributed by atoms with Gasteiger partial charge in [-0.1, -0.05) is 30.3 Å². The predicted octanol–water partition coefficient (Wildman–Crippen LogP) is 2.12. The summed E-state index contributed by atoms with van der Waals surface area (Å²) in [5.41, 5.74) is 0.864. The van der Waals surface area contributed by atoms with Gasteiger partial charge in [-0.05, 0) is 19.3 Å². The first-order valence-corrected chi connectivity index (χ1v) is 9.31. The molecule has 1 aliphatic heterocycles. The van der Waals surface area contributed by atoms with Crippen molar-refractivity contribution in [3.63, 3.8) is 0 Å². The van der Waals surface area contributed by atoms with Gasteiger partial charge in [0.1, 0.15) is 6.61 Å². The first-order chi connectivity index (χ1) is 11.0. The predicted molar refractivity (Wildman–Crippen MR) is 83.9 cm³/mol. The van der Waals surface area contributed by atoms with Gasteiger partial charge in [-0.15, -0.1) is 5.10 Å². The molecule has 0 spiro atoms. The summed E-state index contributed by atoms with van der Waals surface area (Å²) in [4.78, 5) is 4.44. The van der Waals surface area contributed by atoms with Crippen molar-refractivity contribution in [3.05, 3.63) is 36.2 Å². The van der Waals surface area contributed by atoms with Crippen molar-refractivity contribution in [1.29, 1.82) is 0 Å². The fourth-order valence-corrected chi connectivity index (χ4v) is 2.79. The van der Waals surface area contributed by atoms with Gasteiger partial charge in [0, 0.05) is 12.2 Å². The molecule has 1 atom stereocenters. The van der Waals surface area contributed by atoms with Crippen LogP contribution in [0.4, 0.5) is 0 Å². The molecule has 2 aromatic rings. The molecule has 0 radical (unpaired) electrons. The van der Waals surface area contributed by atoms with E-state index in [2.05, 4.69) is 10.1 Å². The number of rotatable bonds is 5. The molecule has 7 nitrogen and oxygen atoms in total. The summed E-state index contributed by atoms with van der Waals surface area (Å²) in [5, 5.41) is 4.51. The Bertz CT molecular complexity index is 752. The minimum atomic E-state index is -3.55. The van der Waals surface area contributed by atoms with Crippen molar-refractivity contribution in [1.82, 2.24) is 14.8 Å². The molecule has 0 saturated carbocycles. The van der Waals surface area contributed by atoms with Crippen LogP contribution in [0.2, 0.25) is 0 Å². The topological polar surface area (TPSA) is 83.3 Å². The molecule has 23 heavy (non-hydrogen) atoms. The molecule has 1 fully saturated rings. The average Bonchev–Trinajstić information content (AvgIpc) is 2.98. The lowest BCUT2D eigenvalue weighted by Gasteiger charge is -2.23. The van der Waals surface area contributed by atoms with E-state index in [1.54, 1.807) is 4.68 Å². The van der Waals surface area contributed by atoms with Crippen LogP contribution in [-0.2, 0) is 25.6 Å². The summed E-state index contributed by atoms with van der Waals surface area (Å²) >= 11 is 0. The van der Waals surface area contributed by atoms with Crippen LogP contribution in [0.15, 0.2) is 30.3 Å². The van der Waals surface area contributed by atoms with Gasteiger partial charge in [-0.2, -0.15) is 8.42 Å². The van der Waals surface area contributed by atoms with E-state index in [0.717, 1.165) is 31.1 Å². The lowest BCUT2D eigenvalue weighted by Crippen LogP contribution is -2.22. The van der Waals surface area contributed by atoms with Crippen molar-refractivity contribution in [3.8, 4) is 11.4 Å². The first-order valence-electron chi connectivity index (χ1n) is 7.50. The van der Waals surface area contributed by atoms with Crippen molar-refractivity contribution >= 4 is 10.1 Å². The lowest BCUT2D eigenvalue weighted by atomic mass is 10.2. The molecule has 124 valence electrons. The van der Waals surface area contributed by atoms with Crippen molar-refractivity contribution in [2.24, 2.45) is 0 Å². The molecule has 0 amide bonds. The smallest absolute Gasteiger partial charge is 0.264 e. The molecule has 2 heterocycles. The van der Waals surface area contributed by atoms with Gasteiger partial charge >= 0.3 is 0 Å². The Morgan fingerprint density at radius 2 is 2.09 bits per heavy atom. The standard InChI is InChI=1S/C15H19N3O4S/c1-23(19,20)22-11-13-16-15(12-7-3-2-4-8-12)17-18(13)14-9-5-6-10-21-14/h2-4,7-8,14H,5-6,9-11H2,1H3. The fraction of sp³-hybridized carbons (Fsp3) is 0.467. The minimum Gasteiger partial charge on any atom is -0.356 e. The molecule has 1 saturated heterocycles. The van der Waals surface area contributed by atoms with Crippen LogP contribution < -0.4 is 0 Å². The normalized spacial score (nSPS) is 18.9. The summed E-state index contributed by atoms with van der Waals surface area (Å²) in [6.07, 6.45) is 3.67. The average molecular weight is 337 g/mol. The van der Waals surface area contributed by atoms with Crippen LogP contribution in [0.1, 0.15) is 31.3 Å². The number of nitrogens with zero attached hydrogens (tertiary/aromatic N) is 3. The molecular weight excluding hydrogens is 318 g/mol. The number of benzene rings is 1. The van der Waals surface area contributed by atoms with Gasteiger partial charge in [0.05, 0.1) is 6.26 Å². The highest BCUT2D eigenvalue weighted by molar-refractivity contribution is 7.85. The second-order valence-corrected chi connectivity index (χ2v) is 7.09. The van der Waals surface area contributed by atoms with Crippen LogP contribution >= 0.6 is 0 Å². The molecule has 1 aromatic heterocycles. The summed E-state index contributed by atoms with van der Waals surface area (Å²) < 4.78 is 34.8. The minimum absolute atomic E-state index is 0.154. The van der Waals surface area contributed by atoms with E-state index in [9.17, 15) is 8.42 Å². The fourth-order valence-electron chi connectivity index (χ4n) is 2.47. The molecule has 1 unspecified atom stereocenters. The van der Waals surface area contributed by atoms with Crippen molar-refractivity contribution in [2.45, 2.75) is 32.1 Å². The Morgan fingerprint density at radius 3 is 2.74 bits per heavy atom. The van der Waals surface area contributed by atoms with E-state index < -0.39 is 10.1 Å². The maximum Gasteiger partial charge on any atom is 0.264 e. The van der Waals surface area contributed by atoms with Gasteiger partial charge in [0.2, 0.25) is 0 Å². The highest BCUT2D eigenvalue weighted by atomic mass is 32.2. The lowest BCUT2D eigenvalue weighted by molar-refractivity contribution is -0.0425. The van der Waals surface area contributed by atoms with E-state index in [-0.39, 0.29) is 12.8 Å². The van der Waals surface area contributed by atoms with E-state index >= 15 is 0 Å². The third kappa shape index (κ3) is 4.15. The second-order valence-electron chi connectivity index (χ2n) is 5.45. The van der Waals surface area contributed by atoms with E-state index in [1.165, 1.54) is 0 Å². The summed E-state index contributed by atoms with van der Waals surface area (Å²) in [7, 11) is -3.55. The maximum absolute atomic E-state index is 11.3. The van der Waals surface area contributed by atoms with Gasteiger partial charge < -0.3 is 4.74 Å². The highest BCUT2D eigenvalue weighted by Gasteiger charge is 2.23. The monoisotopic (exact) mass is 337 g/mol. The Morgan fingerprint density at radius 1 is 1.30 bits per heavy atom. The number of hydrogen-bond donors (Lipinski definition) is 0. The maximum atomic E-state index is 11.3. The molecule has 3 rings (SSSR count). The Labute approximate surface area is 135 Å². The first kappa shape index (κ1) is 16.1. The summed E-state index contributed by atoms with van der Waals surface area (Å²) in [6, 6.07) is 9.53. The summed E-state index contributed by atoms with van der Waals surface area (Å²) in [6.45, 7) is 0.510. The molecular formula is C15H19N3O4S. The zero-order valence-electron chi connectivity index (χ0n) is 12.9.